The van der Waals surface area contributed by atoms with Gasteiger partial charge in [0.2, 0.25) is 0 Å². The highest BCUT2D eigenvalue weighted by atomic mass is 16.5. The lowest BCUT2D eigenvalue weighted by molar-refractivity contribution is -0.145. The number of carbonyl (C=O) groups excluding carboxylic acids is 1. The molecule has 1 saturated heterocycles. The van der Waals surface area contributed by atoms with Crippen LogP contribution in [0.1, 0.15) is 90.4 Å². The van der Waals surface area contributed by atoms with Gasteiger partial charge in [0.25, 0.3) is 0 Å². The van der Waals surface area contributed by atoms with Gasteiger partial charge in [-0.2, -0.15) is 0 Å². The van der Waals surface area contributed by atoms with Gasteiger partial charge in [0.15, 0.2) is 0 Å². The van der Waals surface area contributed by atoms with Gasteiger partial charge in [-0.1, -0.05) is 57.8 Å². The Balaban J connectivity index is 1.80. The second-order valence-corrected chi connectivity index (χ2v) is 7.17. The van der Waals surface area contributed by atoms with E-state index in [-0.39, 0.29) is 12.0 Å². The van der Waals surface area contributed by atoms with E-state index in [2.05, 4.69) is 5.32 Å². The summed E-state index contributed by atoms with van der Waals surface area (Å²) in [5, 5.41) is 3.58. The van der Waals surface area contributed by atoms with Crippen LogP contribution in [0.25, 0.3) is 0 Å². The van der Waals surface area contributed by atoms with Gasteiger partial charge in [-0.15, -0.1) is 0 Å². The largest absolute Gasteiger partial charge is 0.465 e. The standard InChI is InChI=1S/C19H35NO2/c1-2-22-19(21)18-15-14-17(20-18)16-12-10-8-6-4-3-5-7-9-11-13-16/h16-18,20H,2-15H2,1H3/t17-,18+/m0/s1. The molecule has 0 unspecified atom stereocenters. The van der Waals surface area contributed by atoms with Gasteiger partial charge in [0.05, 0.1) is 6.61 Å². The summed E-state index contributed by atoms with van der Waals surface area (Å²) in [6, 6.07) is 0.490. The minimum Gasteiger partial charge on any atom is -0.465 e. The first kappa shape index (κ1) is 17.8. The summed E-state index contributed by atoms with van der Waals surface area (Å²) in [6.07, 6.45) is 17.4. The minimum atomic E-state index is -0.0497. The Morgan fingerprint density at radius 2 is 1.41 bits per heavy atom. The van der Waals surface area contributed by atoms with E-state index in [1.807, 2.05) is 6.92 Å². The van der Waals surface area contributed by atoms with E-state index in [4.69, 9.17) is 4.74 Å². The van der Waals surface area contributed by atoms with Crippen molar-refractivity contribution in [3.05, 3.63) is 0 Å². The molecule has 2 rings (SSSR count). The summed E-state index contributed by atoms with van der Waals surface area (Å²) < 4.78 is 5.17. The summed E-state index contributed by atoms with van der Waals surface area (Å²) >= 11 is 0. The van der Waals surface area contributed by atoms with Crippen LogP contribution in [0, 0.1) is 5.92 Å². The average Bonchev–Trinajstić information content (AvgIpc) is 2.98. The van der Waals surface area contributed by atoms with Gasteiger partial charge in [0, 0.05) is 6.04 Å². The number of ether oxygens (including phenoxy) is 1. The van der Waals surface area contributed by atoms with Crippen LogP contribution in [0.15, 0.2) is 0 Å². The highest BCUT2D eigenvalue weighted by molar-refractivity contribution is 5.76. The van der Waals surface area contributed by atoms with Crippen molar-refractivity contribution < 1.29 is 9.53 Å². The number of carbonyl (C=O) groups is 1. The van der Waals surface area contributed by atoms with Crippen molar-refractivity contribution >= 4 is 5.97 Å². The highest BCUT2D eigenvalue weighted by Gasteiger charge is 2.33. The molecule has 1 aliphatic carbocycles. The molecule has 0 bridgehead atoms. The first-order valence-electron chi connectivity index (χ1n) is 9.74. The van der Waals surface area contributed by atoms with Crippen LogP contribution in [0.5, 0.6) is 0 Å². The third-order valence-corrected chi connectivity index (χ3v) is 5.47. The minimum absolute atomic E-state index is 0.0434. The van der Waals surface area contributed by atoms with Gasteiger partial charge in [-0.05, 0) is 38.5 Å². The summed E-state index contributed by atoms with van der Waals surface area (Å²) in [7, 11) is 0. The van der Waals surface area contributed by atoms with Crippen molar-refractivity contribution in [1.82, 2.24) is 5.32 Å². The fourth-order valence-electron chi connectivity index (χ4n) is 4.17. The van der Waals surface area contributed by atoms with Crippen molar-refractivity contribution in [3.63, 3.8) is 0 Å². The smallest absolute Gasteiger partial charge is 0.323 e. The lowest BCUT2D eigenvalue weighted by Crippen LogP contribution is -2.40. The molecule has 2 fully saturated rings. The van der Waals surface area contributed by atoms with Gasteiger partial charge in [-0.25, -0.2) is 0 Å². The maximum Gasteiger partial charge on any atom is 0.323 e. The molecule has 3 nitrogen and oxygen atoms in total. The van der Waals surface area contributed by atoms with E-state index in [0.29, 0.717) is 12.6 Å². The molecule has 2 aliphatic rings. The molecule has 1 saturated carbocycles. The van der Waals surface area contributed by atoms with E-state index >= 15 is 0 Å². The molecule has 0 amide bonds. The van der Waals surface area contributed by atoms with Crippen LogP contribution in [0.4, 0.5) is 0 Å². The molecule has 1 heterocycles. The number of hydrogen-bond donors (Lipinski definition) is 1. The second-order valence-electron chi connectivity index (χ2n) is 7.17. The third-order valence-electron chi connectivity index (χ3n) is 5.47. The Labute approximate surface area is 136 Å². The fraction of sp³-hybridized carbons (Fsp3) is 0.947. The summed E-state index contributed by atoms with van der Waals surface area (Å²) in [4.78, 5) is 11.9. The van der Waals surface area contributed by atoms with Gasteiger partial charge >= 0.3 is 5.97 Å². The highest BCUT2D eigenvalue weighted by Crippen LogP contribution is 2.29. The third kappa shape index (κ3) is 5.91. The molecule has 0 aromatic rings. The van der Waals surface area contributed by atoms with Crippen LogP contribution >= 0.6 is 0 Å². The Kier molecular flexibility index (Phi) is 8.28. The Morgan fingerprint density at radius 1 is 0.864 bits per heavy atom. The molecule has 22 heavy (non-hydrogen) atoms. The van der Waals surface area contributed by atoms with Crippen molar-refractivity contribution in [2.24, 2.45) is 5.92 Å². The van der Waals surface area contributed by atoms with Crippen molar-refractivity contribution in [1.29, 1.82) is 0 Å². The number of esters is 1. The van der Waals surface area contributed by atoms with Crippen molar-refractivity contribution in [2.45, 2.75) is 102 Å². The molecule has 128 valence electrons. The normalized spacial score (nSPS) is 29.5. The van der Waals surface area contributed by atoms with Gasteiger partial charge in [-0.3, -0.25) is 4.79 Å². The molecular weight excluding hydrogens is 274 g/mol. The predicted octanol–water partition coefficient (Wildman–Crippen LogP) is 4.59. The second kappa shape index (κ2) is 10.3. The SMILES string of the molecule is CCOC(=O)[C@H]1CC[C@@H](C2CCCCCCCCCCC2)N1. The first-order valence-corrected chi connectivity index (χ1v) is 9.74. The zero-order valence-electron chi connectivity index (χ0n) is 14.4. The van der Waals surface area contributed by atoms with Gasteiger partial charge in [0.1, 0.15) is 6.04 Å². The van der Waals surface area contributed by atoms with Crippen molar-refractivity contribution in [2.75, 3.05) is 6.61 Å². The lowest BCUT2D eigenvalue weighted by Gasteiger charge is -2.25. The first-order chi connectivity index (χ1) is 10.8. The van der Waals surface area contributed by atoms with E-state index in [0.717, 1.165) is 18.8 Å². The average molecular weight is 309 g/mol. The zero-order valence-corrected chi connectivity index (χ0v) is 14.4. The molecule has 0 aromatic heterocycles. The van der Waals surface area contributed by atoms with Crippen LogP contribution in [0.2, 0.25) is 0 Å². The van der Waals surface area contributed by atoms with Crippen LogP contribution < -0.4 is 5.32 Å². The summed E-state index contributed by atoms with van der Waals surface area (Å²) in [5.41, 5.74) is 0. The number of hydrogen-bond acceptors (Lipinski definition) is 3. The summed E-state index contributed by atoms with van der Waals surface area (Å²) in [5.74, 6) is 0.719. The molecule has 0 spiro atoms. The van der Waals surface area contributed by atoms with E-state index in [1.165, 1.54) is 70.6 Å². The maximum atomic E-state index is 11.9. The van der Waals surface area contributed by atoms with Crippen LogP contribution in [-0.2, 0) is 9.53 Å². The molecule has 0 radical (unpaired) electrons. The summed E-state index contributed by atoms with van der Waals surface area (Å²) in [6.45, 7) is 2.38. The molecule has 2 atom stereocenters. The van der Waals surface area contributed by atoms with Crippen LogP contribution in [0.3, 0.4) is 0 Å². The molecule has 3 heteroatoms. The molecule has 1 aliphatic heterocycles. The van der Waals surface area contributed by atoms with Gasteiger partial charge < -0.3 is 10.1 Å². The monoisotopic (exact) mass is 309 g/mol. The maximum absolute atomic E-state index is 11.9. The van der Waals surface area contributed by atoms with Crippen molar-refractivity contribution in [3.8, 4) is 0 Å². The van der Waals surface area contributed by atoms with Crippen LogP contribution in [-0.4, -0.2) is 24.7 Å². The topological polar surface area (TPSA) is 38.3 Å². The number of nitrogens with one attached hydrogen (secondary N) is 1. The Hall–Kier alpha value is -0.570. The quantitative estimate of drug-likeness (QED) is 0.775. The molecular formula is C19H35NO2. The lowest BCUT2D eigenvalue weighted by atomic mass is 9.87. The fourth-order valence-corrected chi connectivity index (χ4v) is 4.17. The number of rotatable bonds is 3. The molecule has 1 N–H and O–H groups in total. The van der Waals surface area contributed by atoms with E-state index in [1.54, 1.807) is 0 Å². The Morgan fingerprint density at radius 3 is 1.95 bits per heavy atom. The zero-order chi connectivity index (χ0) is 15.6. The molecule has 0 aromatic carbocycles. The Bertz CT molecular complexity index is 307. The van der Waals surface area contributed by atoms with E-state index < -0.39 is 0 Å². The predicted molar refractivity (Wildman–Crippen MR) is 90.9 cm³/mol. The van der Waals surface area contributed by atoms with E-state index in [9.17, 15) is 4.79 Å².